The van der Waals surface area contributed by atoms with Crippen LogP contribution in [0, 0.1) is 23.7 Å². The Morgan fingerprint density at radius 2 is 2.00 bits per heavy atom. The zero-order valence-corrected chi connectivity index (χ0v) is 12.7. The maximum Gasteiger partial charge on any atom is 0.0309 e. The second kappa shape index (κ2) is 4.46. The fourth-order valence-electron chi connectivity index (χ4n) is 5.28. The molecule has 1 N–H and O–H groups in total. The maximum absolute atomic E-state index is 3.85. The summed E-state index contributed by atoms with van der Waals surface area (Å²) < 4.78 is 0. The van der Waals surface area contributed by atoms with Crippen LogP contribution in [0.15, 0.2) is 0 Å². The summed E-state index contributed by atoms with van der Waals surface area (Å²) in [6.07, 6.45) is 9.10. The van der Waals surface area contributed by atoms with Crippen LogP contribution < -0.4 is 5.32 Å². The largest absolute Gasteiger partial charge is 0.308 e. The molecule has 1 aliphatic heterocycles. The summed E-state index contributed by atoms with van der Waals surface area (Å²) in [5, 5.41) is 3.85. The SMILES string of the molecule is CC1CNC(C)(C2CC2)CN1CC1CC2CCC1C2. The van der Waals surface area contributed by atoms with E-state index in [2.05, 4.69) is 24.1 Å². The van der Waals surface area contributed by atoms with Gasteiger partial charge >= 0.3 is 0 Å². The van der Waals surface area contributed by atoms with Gasteiger partial charge in [-0.2, -0.15) is 0 Å². The van der Waals surface area contributed by atoms with Gasteiger partial charge in [0.2, 0.25) is 0 Å². The van der Waals surface area contributed by atoms with Gasteiger partial charge in [-0.25, -0.2) is 0 Å². The third-order valence-corrected chi connectivity index (χ3v) is 6.79. The van der Waals surface area contributed by atoms with Gasteiger partial charge < -0.3 is 5.32 Å². The molecular formula is C17H30N2. The highest BCUT2D eigenvalue weighted by molar-refractivity contribution is 5.04. The average molecular weight is 262 g/mol. The van der Waals surface area contributed by atoms with E-state index in [0.717, 1.165) is 29.7 Å². The molecule has 1 heterocycles. The summed E-state index contributed by atoms with van der Waals surface area (Å²) in [4.78, 5) is 2.83. The van der Waals surface area contributed by atoms with E-state index < -0.39 is 0 Å². The van der Waals surface area contributed by atoms with Crippen molar-refractivity contribution in [2.75, 3.05) is 19.6 Å². The monoisotopic (exact) mass is 262 g/mol. The second-order valence-corrected chi connectivity index (χ2v) is 8.29. The van der Waals surface area contributed by atoms with Gasteiger partial charge in [0.1, 0.15) is 0 Å². The van der Waals surface area contributed by atoms with Crippen molar-refractivity contribution in [3.8, 4) is 0 Å². The number of nitrogens with zero attached hydrogens (tertiary/aromatic N) is 1. The van der Waals surface area contributed by atoms with E-state index in [4.69, 9.17) is 0 Å². The molecule has 4 rings (SSSR count). The zero-order chi connectivity index (χ0) is 13.0. The van der Waals surface area contributed by atoms with E-state index in [-0.39, 0.29) is 0 Å². The van der Waals surface area contributed by atoms with Gasteiger partial charge in [0.25, 0.3) is 0 Å². The van der Waals surface area contributed by atoms with Crippen LogP contribution in [0.3, 0.4) is 0 Å². The molecule has 3 aliphatic carbocycles. The molecule has 5 unspecified atom stereocenters. The molecule has 5 atom stereocenters. The van der Waals surface area contributed by atoms with Gasteiger partial charge in [0.05, 0.1) is 0 Å². The van der Waals surface area contributed by atoms with Crippen LogP contribution in [0.25, 0.3) is 0 Å². The first-order valence-corrected chi connectivity index (χ1v) is 8.63. The lowest BCUT2D eigenvalue weighted by Gasteiger charge is -2.47. The Balaban J connectivity index is 1.41. The Hall–Kier alpha value is -0.0800. The molecule has 1 saturated heterocycles. The second-order valence-electron chi connectivity index (χ2n) is 8.29. The van der Waals surface area contributed by atoms with Crippen LogP contribution in [0.5, 0.6) is 0 Å². The van der Waals surface area contributed by atoms with E-state index in [1.165, 1.54) is 45.3 Å². The Kier molecular flexibility index (Phi) is 2.97. The third kappa shape index (κ3) is 2.25. The molecule has 2 heteroatoms. The summed E-state index contributed by atoms with van der Waals surface area (Å²) in [5.41, 5.74) is 0.421. The molecular weight excluding hydrogens is 232 g/mol. The lowest BCUT2D eigenvalue weighted by atomic mass is 9.86. The molecule has 0 aromatic heterocycles. The van der Waals surface area contributed by atoms with Gasteiger partial charge in [-0.15, -0.1) is 0 Å². The fraction of sp³-hybridized carbons (Fsp3) is 1.00. The number of rotatable bonds is 3. The van der Waals surface area contributed by atoms with Crippen molar-refractivity contribution in [2.24, 2.45) is 23.7 Å². The van der Waals surface area contributed by atoms with Crippen LogP contribution in [0.2, 0.25) is 0 Å². The number of fused-ring (bicyclic) bond motifs is 2. The first-order valence-electron chi connectivity index (χ1n) is 8.63. The lowest BCUT2D eigenvalue weighted by molar-refractivity contribution is 0.0598. The van der Waals surface area contributed by atoms with Crippen molar-refractivity contribution in [3.05, 3.63) is 0 Å². The number of hydrogen-bond acceptors (Lipinski definition) is 2. The summed E-state index contributed by atoms with van der Waals surface area (Å²) in [5.74, 6) is 4.17. The van der Waals surface area contributed by atoms with Gasteiger partial charge in [-0.05, 0) is 69.6 Å². The molecule has 108 valence electrons. The summed E-state index contributed by atoms with van der Waals surface area (Å²) in [7, 11) is 0. The molecule has 0 aromatic rings. The van der Waals surface area contributed by atoms with Crippen molar-refractivity contribution in [2.45, 2.75) is 64.0 Å². The molecule has 4 aliphatic rings. The quantitative estimate of drug-likeness (QED) is 0.841. The highest BCUT2D eigenvalue weighted by atomic mass is 15.3. The van der Waals surface area contributed by atoms with Crippen LogP contribution in [-0.4, -0.2) is 36.1 Å². The van der Waals surface area contributed by atoms with Crippen molar-refractivity contribution >= 4 is 0 Å². The Bertz CT molecular complexity index is 351. The van der Waals surface area contributed by atoms with Crippen molar-refractivity contribution in [1.82, 2.24) is 10.2 Å². The predicted molar refractivity (Wildman–Crippen MR) is 79.1 cm³/mol. The summed E-state index contributed by atoms with van der Waals surface area (Å²) in [6, 6.07) is 0.742. The Morgan fingerprint density at radius 3 is 2.63 bits per heavy atom. The van der Waals surface area contributed by atoms with Crippen LogP contribution in [0.1, 0.15) is 52.4 Å². The minimum Gasteiger partial charge on any atom is -0.308 e. The van der Waals surface area contributed by atoms with Crippen molar-refractivity contribution in [3.63, 3.8) is 0 Å². The summed E-state index contributed by atoms with van der Waals surface area (Å²) in [6.45, 7) is 8.80. The van der Waals surface area contributed by atoms with E-state index in [1.54, 1.807) is 12.8 Å². The fourth-order valence-corrected chi connectivity index (χ4v) is 5.28. The average Bonchev–Trinajstić information content (AvgIpc) is 3.07. The molecule has 3 saturated carbocycles. The standard InChI is InChI=1S/C17H30N2/c1-12-9-18-17(2,16-5-6-16)11-19(12)10-15-8-13-3-4-14(15)7-13/h12-16,18H,3-11H2,1-2H3. The van der Waals surface area contributed by atoms with Crippen molar-refractivity contribution in [1.29, 1.82) is 0 Å². The molecule has 0 amide bonds. The Morgan fingerprint density at radius 1 is 1.16 bits per heavy atom. The number of hydrogen-bond donors (Lipinski definition) is 1. The van der Waals surface area contributed by atoms with Gasteiger partial charge in [-0.1, -0.05) is 6.42 Å². The minimum absolute atomic E-state index is 0.421. The topological polar surface area (TPSA) is 15.3 Å². The Labute approximate surface area is 118 Å². The summed E-state index contributed by atoms with van der Waals surface area (Å²) >= 11 is 0. The van der Waals surface area contributed by atoms with Crippen LogP contribution in [0.4, 0.5) is 0 Å². The van der Waals surface area contributed by atoms with E-state index in [1.807, 2.05) is 0 Å². The van der Waals surface area contributed by atoms with E-state index in [0.29, 0.717) is 5.54 Å². The lowest BCUT2D eigenvalue weighted by Crippen LogP contribution is -2.63. The van der Waals surface area contributed by atoms with Crippen LogP contribution >= 0.6 is 0 Å². The maximum atomic E-state index is 3.85. The molecule has 19 heavy (non-hydrogen) atoms. The van der Waals surface area contributed by atoms with Crippen LogP contribution in [-0.2, 0) is 0 Å². The third-order valence-electron chi connectivity index (χ3n) is 6.79. The minimum atomic E-state index is 0.421. The predicted octanol–water partition coefficient (Wildman–Crippen LogP) is 2.89. The molecule has 0 radical (unpaired) electrons. The zero-order valence-electron chi connectivity index (χ0n) is 12.7. The van der Waals surface area contributed by atoms with Gasteiger partial charge in [-0.3, -0.25) is 4.90 Å². The first-order chi connectivity index (χ1) is 9.14. The highest BCUT2D eigenvalue weighted by Crippen LogP contribution is 2.49. The molecule has 0 aromatic carbocycles. The molecule has 2 nitrogen and oxygen atoms in total. The van der Waals surface area contributed by atoms with Gasteiger partial charge in [0, 0.05) is 31.2 Å². The number of nitrogens with one attached hydrogen (secondary N) is 1. The normalized spacial score (nSPS) is 50.8. The molecule has 2 bridgehead atoms. The molecule has 0 spiro atoms. The molecule has 4 fully saturated rings. The van der Waals surface area contributed by atoms with Gasteiger partial charge in [0.15, 0.2) is 0 Å². The number of piperazine rings is 1. The van der Waals surface area contributed by atoms with E-state index >= 15 is 0 Å². The first kappa shape index (κ1) is 12.6. The highest BCUT2D eigenvalue weighted by Gasteiger charge is 2.47. The van der Waals surface area contributed by atoms with E-state index in [9.17, 15) is 0 Å². The smallest absolute Gasteiger partial charge is 0.0309 e. The van der Waals surface area contributed by atoms with Crippen molar-refractivity contribution < 1.29 is 0 Å².